The van der Waals surface area contributed by atoms with Gasteiger partial charge in [-0.2, -0.15) is 0 Å². The van der Waals surface area contributed by atoms with E-state index >= 15 is 0 Å². The summed E-state index contributed by atoms with van der Waals surface area (Å²) in [6.07, 6.45) is 3.30. The molecule has 0 atom stereocenters. The number of carbonyl (C=O) groups excluding carboxylic acids is 2. The van der Waals surface area contributed by atoms with Crippen LogP contribution in [0.1, 0.15) is 39.0 Å². The van der Waals surface area contributed by atoms with Gasteiger partial charge in [-0.3, -0.25) is 9.59 Å². The minimum absolute atomic E-state index is 0.0616. The molecule has 1 rings (SSSR count). The summed E-state index contributed by atoms with van der Waals surface area (Å²) < 4.78 is 0. The van der Waals surface area contributed by atoms with Gasteiger partial charge >= 0.3 is 12.0 Å². The predicted octanol–water partition coefficient (Wildman–Crippen LogP) is 0.881. The number of carboxylic acid groups (broad SMARTS) is 1. The van der Waals surface area contributed by atoms with Crippen molar-refractivity contribution in [2.45, 2.75) is 39.0 Å². The number of hydrogen-bond donors (Lipinski definition) is 2. The SMILES string of the molecule is CCCCN(CC(N)=O)C(=O)N1CCC(CC(=O)O)CC1. The van der Waals surface area contributed by atoms with Crippen molar-refractivity contribution < 1.29 is 19.5 Å². The van der Waals surface area contributed by atoms with E-state index in [2.05, 4.69) is 0 Å². The number of carbonyl (C=O) groups is 3. The number of amides is 3. The van der Waals surface area contributed by atoms with Crippen molar-refractivity contribution in [2.75, 3.05) is 26.2 Å². The van der Waals surface area contributed by atoms with Crippen molar-refractivity contribution in [3.63, 3.8) is 0 Å². The summed E-state index contributed by atoms with van der Waals surface area (Å²) in [6.45, 7) is 3.56. The van der Waals surface area contributed by atoms with Gasteiger partial charge in [0.05, 0.1) is 0 Å². The molecule has 0 radical (unpaired) electrons. The molecule has 1 aliphatic heterocycles. The van der Waals surface area contributed by atoms with Gasteiger partial charge in [0.15, 0.2) is 0 Å². The van der Waals surface area contributed by atoms with Crippen LogP contribution >= 0.6 is 0 Å². The minimum Gasteiger partial charge on any atom is -0.481 e. The molecule has 1 heterocycles. The van der Waals surface area contributed by atoms with Crippen LogP contribution in [0.3, 0.4) is 0 Å². The van der Waals surface area contributed by atoms with E-state index in [1.807, 2.05) is 6.92 Å². The number of rotatable bonds is 7. The summed E-state index contributed by atoms with van der Waals surface area (Å²) in [4.78, 5) is 37.3. The molecule has 21 heavy (non-hydrogen) atoms. The van der Waals surface area contributed by atoms with Crippen LogP contribution in [0.25, 0.3) is 0 Å². The van der Waals surface area contributed by atoms with Crippen molar-refractivity contribution in [3.8, 4) is 0 Å². The van der Waals surface area contributed by atoms with E-state index in [1.54, 1.807) is 4.90 Å². The Hall–Kier alpha value is -1.79. The second-order valence-electron chi connectivity index (χ2n) is 5.55. The van der Waals surface area contributed by atoms with Gasteiger partial charge in [-0.15, -0.1) is 0 Å². The van der Waals surface area contributed by atoms with Crippen LogP contribution < -0.4 is 5.73 Å². The molecule has 0 aromatic heterocycles. The van der Waals surface area contributed by atoms with Gasteiger partial charge in [-0.05, 0) is 25.2 Å². The Balaban J connectivity index is 2.52. The third-order valence-electron chi connectivity index (χ3n) is 3.75. The molecule has 1 aliphatic rings. The van der Waals surface area contributed by atoms with Crippen molar-refractivity contribution in [1.29, 1.82) is 0 Å². The average Bonchev–Trinajstić information content (AvgIpc) is 2.42. The Bertz CT molecular complexity index is 378. The summed E-state index contributed by atoms with van der Waals surface area (Å²) in [6, 6.07) is -0.170. The first kappa shape index (κ1) is 17.3. The maximum absolute atomic E-state index is 12.4. The van der Waals surface area contributed by atoms with E-state index in [9.17, 15) is 14.4 Å². The van der Waals surface area contributed by atoms with Gasteiger partial charge in [0.1, 0.15) is 6.54 Å². The average molecular weight is 299 g/mol. The summed E-state index contributed by atoms with van der Waals surface area (Å²) >= 11 is 0. The van der Waals surface area contributed by atoms with E-state index < -0.39 is 11.9 Å². The fourth-order valence-corrected chi connectivity index (χ4v) is 2.55. The molecule has 1 saturated heterocycles. The zero-order valence-electron chi connectivity index (χ0n) is 12.6. The number of piperidine rings is 1. The fraction of sp³-hybridized carbons (Fsp3) is 0.786. The molecule has 0 unspecified atom stereocenters. The van der Waals surface area contributed by atoms with Gasteiger partial charge in [0, 0.05) is 26.1 Å². The molecule has 0 spiro atoms. The van der Waals surface area contributed by atoms with E-state index in [1.165, 1.54) is 4.90 Å². The number of unbranched alkanes of at least 4 members (excludes halogenated alkanes) is 1. The van der Waals surface area contributed by atoms with E-state index in [0.29, 0.717) is 32.5 Å². The Kier molecular flexibility index (Phi) is 6.98. The standard InChI is InChI=1S/C14H25N3O4/c1-2-3-6-17(10-12(15)18)14(21)16-7-4-11(5-8-16)9-13(19)20/h11H,2-10H2,1H3,(H2,15,18)(H,19,20). The van der Waals surface area contributed by atoms with Crippen LogP contribution in [0.4, 0.5) is 4.79 Å². The number of likely N-dealkylation sites (tertiary alicyclic amines) is 1. The highest BCUT2D eigenvalue weighted by Crippen LogP contribution is 2.21. The topological polar surface area (TPSA) is 104 Å². The molecule has 0 saturated carbocycles. The second-order valence-corrected chi connectivity index (χ2v) is 5.55. The summed E-state index contributed by atoms with van der Waals surface area (Å²) in [7, 11) is 0. The normalized spacial score (nSPS) is 15.8. The third-order valence-corrected chi connectivity index (χ3v) is 3.75. The number of primary amides is 1. The fourth-order valence-electron chi connectivity index (χ4n) is 2.55. The molecule has 3 N–H and O–H groups in total. The lowest BCUT2D eigenvalue weighted by Crippen LogP contribution is -2.49. The Morgan fingerprint density at radius 1 is 1.29 bits per heavy atom. The molecule has 120 valence electrons. The summed E-state index contributed by atoms with van der Waals surface area (Å²) in [5, 5.41) is 8.79. The van der Waals surface area contributed by atoms with Crippen LogP contribution in [-0.2, 0) is 9.59 Å². The maximum atomic E-state index is 12.4. The lowest BCUT2D eigenvalue weighted by atomic mass is 9.94. The first-order valence-electron chi connectivity index (χ1n) is 7.48. The quantitative estimate of drug-likeness (QED) is 0.728. The number of carboxylic acids is 1. The Morgan fingerprint density at radius 3 is 2.38 bits per heavy atom. The monoisotopic (exact) mass is 299 g/mol. The Labute approximate surface area is 125 Å². The van der Waals surface area contributed by atoms with Crippen LogP contribution in [0.15, 0.2) is 0 Å². The molecule has 3 amide bonds. The number of nitrogens with two attached hydrogens (primary N) is 1. The summed E-state index contributed by atoms with van der Waals surface area (Å²) in [5.74, 6) is -1.18. The lowest BCUT2D eigenvalue weighted by Gasteiger charge is -2.35. The molecule has 0 aliphatic carbocycles. The highest BCUT2D eigenvalue weighted by molar-refractivity contribution is 5.83. The minimum atomic E-state index is -0.793. The number of hydrogen-bond acceptors (Lipinski definition) is 3. The Morgan fingerprint density at radius 2 is 1.90 bits per heavy atom. The highest BCUT2D eigenvalue weighted by Gasteiger charge is 2.27. The summed E-state index contributed by atoms with van der Waals surface area (Å²) in [5.41, 5.74) is 5.19. The highest BCUT2D eigenvalue weighted by atomic mass is 16.4. The first-order valence-corrected chi connectivity index (χ1v) is 7.48. The maximum Gasteiger partial charge on any atom is 0.320 e. The molecular weight excluding hydrogens is 274 g/mol. The lowest BCUT2D eigenvalue weighted by molar-refractivity contribution is -0.138. The molecule has 7 nitrogen and oxygen atoms in total. The van der Waals surface area contributed by atoms with Gasteiger partial charge < -0.3 is 20.6 Å². The smallest absolute Gasteiger partial charge is 0.320 e. The van der Waals surface area contributed by atoms with Crippen molar-refractivity contribution >= 4 is 17.9 Å². The molecule has 0 bridgehead atoms. The molecule has 0 aromatic rings. The number of nitrogens with zero attached hydrogens (tertiary/aromatic N) is 2. The molecule has 0 aromatic carbocycles. The molecular formula is C14H25N3O4. The van der Waals surface area contributed by atoms with Crippen molar-refractivity contribution in [1.82, 2.24) is 9.80 Å². The molecule has 1 fully saturated rings. The van der Waals surface area contributed by atoms with Gasteiger partial charge in [-0.1, -0.05) is 13.3 Å². The van der Waals surface area contributed by atoms with Gasteiger partial charge in [0.25, 0.3) is 0 Å². The van der Waals surface area contributed by atoms with Crippen LogP contribution in [0, 0.1) is 5.92 Å². The van der Waals surface area contributed by atoms with Crippen LogP contribution in [0.2, 0.25) is 0 Å². The van der Waals surface area contributed by atoms with Gasteiger partial charge in [0.2, 0.25) is 5.91 Å². The predicted molar refractivity (Wildman–Crippen MR) is 77.6 cm³/mol. The number of urea groups is 1. The van der Waals surface area contributed by atoms with Crippen LogP contribution in [0.5, 0.6) is 0 Å². The van der Waals surface area contributed by atoms with Crippen LogP contribution in [-0.4, -0.2) is 59.0 Å². The van der Waals surface area contributed by atoms with E-state index in [-0.39, 0.29) is 24.9 Å². The van der Waals surface area contributed by atoms with Crippen molar-refractivity contribution in [3.05, 3.63) is 0 Å². The number of aliphatic carboxylic acids is 1. The third kappa shape index (κ3) is 6.01. The zero-order chi connectivity index (χ0) is 15.8. The van der Waals surface area contributed by atoms with Gasteiger partial charge in [-0.25, -0.2) is 4.79 Å². The molecule has 7 heteroatoms. The largest absolute Gasteiger partial charge is 0.481 e. The van der Waals surface area contributed by atoms with Crippen molar-refractivity contribution in [2.24, 2.45) is 11.7 Å². The second kappa shape index (κ2) is 8.49. The van der Waals surface area contributed by atoms with E-state index in [4.69, 9.17) is 10.8 Å². The first-order chi connectivity index (χ1) is 9.93. The zero-order valence-corrected chi connectivity index (χ0v) is 12.6. The van der Waals surface area contributed by atoms with E-state index in [0.717, 1.165) is 12.8 Å².